The van der Waals surface area contributed by atoms with Gasteiger partial charge in [-0.25, -0.2) is 0 Å². The lowest BCUT2D eigenvalue weighted by Gasteiger charge is -2.32. The van der Waals surface area contributed by atoms with Gasteiger partial charge in [0.05, 0.1) is 29.1 Å². The van der Waals surface area contributed by atoms with Crippen molar-refractivity contribution in [1.82, 2.24) is 4.57 Å². The van der Waals surface area contributed by atoms with Crippen LogP contribution < -0.4 is 5.46 Å². The highest BCUT2D eigenvalue weighted by Gasteiger charge is 2.52. The molecule has 4 aromatic rings. The highest BCUT2D eigenvalue weighted by molar-refractivity contribution is 6.66. The lowest BCUT2D eigenvalue weighted by molar-refractivity contribution is 0.00578. The number of para-hydroxylation sites is 2. The van der Waals surface area contributed by atoms with Crippen molar-refractivity contribution >= 4 is 34.4 Å². The SMILES string of the molecule is [2H]c1c([2H])c([2H])c(-n2c3ccccc3c3c(B4OC(C)(C)C(C)(C)O4)cccc32)c([2H])c1[2H]. The van der Waals surface area contributed by atoms with Gasteiger partial charge in [-0.05, 0) is 57.4 Å². The van der Waals surface area contributed by atoms with Crippen molar-refractivity contribution in [3.05, 3.63) is 72.7 Å². The fourth-order valence-electron chi connectivity index (χ4n) is 3.81. The second-order valence-corrected chi connectivity index (χ2v) is 8.16. The Hall–Kier alpha value is -2.56. The van der Waals surface area contributed by atoms with E-state index in [4.69, 9.17) is 16.2 Å². The number of benzene rings is 3. The van der Waals surface area contributed by atoms with Crippen LogP contribution in [0.3, 0.4) is 0 Å². The zero-order valence-electron chi connectivity index (χ0n) is 21.4. The van der Waals surface area contributed by atoms with E-state index in [0.717, 1.165) is 27.3 Å². The van der Waals surface area contributed by atoms with Crippen LogP contribution in [0.15, 0.2) is 72.7 Å². The molecule has 1 aliphatic heterocycles. The molecule has 1 saturated heterocycles. The Kier molecular flexibility index (Phi) is 2.73. The van der Waals surface area contributed by atoms with Crippen molar-refractivity contribution < 1.29 is 16.2 Å². The minimum Gasteiger partial charge on any atom is -0.399 e. The Morgan fingerprint density at radius 1 is 0.821 bits per heavy atom. The molecule has 3 aromatic carbocycles. The standard InChI is InChI=1S/C24H24BNO2/c1-23(2)24(3,4)28-25(27-23)19-14-10-16-21-22(19)18-13-8-9-15-20(18)26(21)17-11-6-5-7-12-17/h5-16H,1-4H3/i5D,6D,7D,11D,12D. The third kappa shape index (κ3) is 2.45. The van der Waals surface area contributed by atoms with Crippen LogP contribution in [0.1, 0.15) is 34.5 Å². The van der Waals surface area contributed by atoms with E-state index in [-0.39, 0.29) is 29.9 Å². The molecule has 1 aromatic heterocycles. The molecule has 0 atom stereocenters. The second kappa shape index (κ2) is 5.97. The quantitative estimate of drug-likeness (QED) is 0.457. The fraction of sp³-hybridized carbons (Fsp3) is 0.250. The van der Waals surface area contributed by atoms with E-state index in [1.165, 1.54) is 0 Å². The van der Waals surface area contributed by atoms with Gasteiger partial charge in [0.15, 0.2) is 0 Å². The summed E-state index contributed by atoms with van der Waals surface area (Å²) in [5.74, 6) is 0. The number of nitrogens with zero attached hydrogens (tertiary/aromatic N) is 1. The number of hydrogen-bond donors (Lipinski definition) is 0. The highest BCUT2D eigenvalue weighted by atomic mass is 16.7. The molecule has 3 nitrogen and oxygen atoms in total. The molecule has 1 fully saturated rings. The second-order valence-electron chi connectivity index (χ2n) is 8.16. The number of aromatic nitrogens is 1. The first-order valence-corrected chi connectivity index (χ1v) is 9.41. The molecule has 1 aliphatic rings. The van der Waals surface area contributed by atoms with Crippen molar-refractivity contribution in [3.8, 4) is 5.69 Å². The first-order valence-electron chi connectivity index (χ1n) is 11.9. The van der Waals surface area contributed by atoms with Gasteiger partial charge in [0.2, 0.25) is 0 Å². The topological polar surface area (TPSA) is 23.4 Å². The van der Waals surface area contributed by atoms with Crippen molar-refractivity contribution in [1.29, 1.82) is 0 Å². The van der Waals surface area contributed by atoms with Crippen molar-refractivity contribution in [2.24, 2.45) is 0 Å². The van der Waals surface area contributed by atoms with Gasteiger partial charge in [-0.15, -0.1) is 0 Å². The van der Waals surface area contributed by atoms with Crippen LogP contribution >= 0.6 is 0 Å². The van der Waals surface area contributed by atoms with Crippen molar-refractivity contribution in [3.63, 3.8) is 0 Å². The van der Waals surface area contributed by atoms with Crippen LogP contribution in [0.25, 0.3) is 27.5 Å². The summed E-state index contributed by atoms with van der Waals surface area (Å²) < 4.78 is 55.8. The molecular formula is C24H24BNO2. The first-order chi connectivity index (χ1) is 15.5. The van der Waals surface area contributed by atoms with Crippen LogP contribution in [0.2, 0.25) is 0 Å². The lowest BCUT2D eigenvalue weighted by atomic mass is 9.76. The molecule has 0 unspecified atom stereocenters. The van der Waals surface area contributed by atoms with Crippen LogP contribution in [0.5, 0.6) is 0 Å². The summed E-state index contributed by atoms with van der Waals surface area (Å²) in [6, 6.07) is 11.8. The summed E-state index contributed by atoms with van der Waals surface area (Å²) in [6.45, 7) is 8.01. The molecule has 0 spiro atoms. The maximum absolute atomic E-state index is 8.54. The van der Waals surface area contributed by atoms with E-state index >= 15 is 0 Å². The summed E-state index contributed by atoms with van der Waals surface area (Å²) in [5, 5.41) is 1.77. The molecule has 5 rings (SSSR count). The zero-order valence-corrected chi connectivity index (χ0v) is 16.4. The molecule has 0 radical (unpaired) electrons. The Morgan fingerprint density at radius 3 is 2.18 bits per heavy atom. The molecule has 0 N–H and O–H groups in total. The molecule has 0 saturated carbocycles. The molecule has 28 heavy (non-hydrogen) atoms. The molecule has 0 aliphatic carbocycles. The Balaban J connectivity index is 1.87. The third-order valence-corrected chi connectivity index (χ3v) is 5.95. The van der Waals surface area contributed by atoms with Crippen LogP contribution in [-0.2, 0) is 9.31 Å². The molecule has 140 valence electrons. The summed E-state index contributed by atoms with van der Waals surface area (Å²) in [5.41, 5.74) is 1.42. The van der Waals surface area contributed by atoms with Crippen molar-refractivity contribution in [2.45, 2.75) is 38.9 Å². The minimum atomic E-state index is -0.599. The molecule has 2 heterocycles. The average Bonchev–Trinajstić information content (AvgIpc) is 3.21. The predicted octanol–water partition coefficient (Wildman–Crippen LogP) is 5.08. The van der Waals surface area contributed by atoms with E-state index < -0.39 is 24.4 Å². The summed E-state index contributed by atoms with van der Waals surface area (Å²) in [6.07, 6.45) is 0. The summed E-state index contributed by atoms with van der Waals surface area (Å²) >= 11 is 0. The van der Waals surface area contributed by atoms with Gasteiger partial charge in [-0.3, -0.25) is 0 Å². The third-order valence-electron chi connectivity index (χ3n) is 5.95. The van der Waals surface area contributed by atoms with Crippen LogP contribution in [0, 0.1) is 0 Å². The van der Waals surface area contributed by atoms with Gasteiger partial charge in [-0.2, -0.15) is 0 Å². The number of fused-ring (bicyclic) bond motifs is 3. The molecule has 0 bridgehead atoms. The minimum absolute atomic E-state index is 0.123. The normalized spacial score (nSPS) is 20.7. The van der Waals surface area contributed by atoms with E-state index in [9.17, 15) is 0 Å². The van der Waals surface area contributed by atoms with Crippen molar-refractivity contribution in [2.75, 3.05) is 0 Å². The van der Waals surface area contributed by atoms with E-state index in [1.54, 1.807) is 4.57 Å². The Bertz CT molecular complexity index is 1400. The van der Waals surface area contributed by atoms with Gasteiger partial charge in [-0.1, -0.05) is 48.5 Å². The smallest absolute Gasteiger partial charge is 0.399 e. The van der Waals surface area contributed by atoms with Gasteiger partial charge in [0.1, 0.15) is 0 Å². The highest BCUT2D eigenvalue weighted by Crippen LogP contribution is 2.38. The largest absolute Gasteiger partial charge is 0.495 e. The first kappa shape index (κ1) is 12.8. The fourth-order valence-corrected chi connectivity index (χ4v) is 3.81. The Morgan fingerprint density at radius 2 is 1.46 bits per heavy atom. The number of hydrogen-bond acceptors (Lipinski definition) is 2. The maximum Gasteiger partial charge on any atom is 0.495 e. The monoisotopic (exact) mass is 374 g/mol. The molecule has 0 amide bonds. The van der Waals surface area contributed by atoms with E-state index in [1.807, 2.05) is 70.2 Å². The zero-order chi connectivity index (χ0) is 23.9. The maximum atomic E-state index is 8.54. The molecular weight excluding hydrogens is 345 g/mol. The predicted molar refractivity (Wildman–Crippen MR) is 116 cm³/mol. The average molecular weight is 374 g/mol. The van der Waals surface area contributed by atoms with Crippen LogP contribution in [-0.4, -0.2) is 22.9 Å². The summed E-state index contributed by atoms with van der Waals surface area (Å²) in [4.78, 5) is 0. The van der Waals surface area contributed by atoms with E-state index in [0.29, 0.717) is 0 Å². The van der Waals surface area contributed by atoms with Gasteiger partial charge >= 0.3 is 7.12 Å². The van der Waals surface area contributed by atoms with Crippen LogP contribution in [0.4, 0.5) is 0 Å². The van der Waals surface area contributed by atoms with E-state index in [2.05, 4.69) is 0 Å². The molecule has 4 heteroatoms. The van der Waals surface area contributed by atoms with Gasteiger partial charge < -0.3 is 13.9 Å². The lowest BCUT2D eigenvalue weighted by Crippen LogP contribution is -2.41. The van der Waals surface area contributed by atoms with Gasteiger partial charge in [0, 0.05) is 16.5 Å². The Labute approximate surface area is 173 Å². The number of rotatable bonds is 2. The summed E-state index contributed by atoms with van der Waals surface area (Å²) in [7, 11) is -0.599. The van der Waals surface area contributed by atoms with Gasteiger partial charge in [0.25, 0.3) is 0 Å².